The van der Waals surface area contributed by atoms with Gasteiger partial charge in [-0.2, -0.15) is 0 Å². The van der Waals surface area contributed by atoms with Crippen LogP contribution in [0.15, 0.2) is 21.1 Å². The molecule has 2 fully saturated rings. The van der Waals surface area contributed by atoms with Crippen molar-refractivity contribution in [3.8, 4) is 0 Å². The number of hydrogen-bond acceptors (Lipinski definition) is 2. The first-order chi connectivity index (χ1) is 11.7. The van der Waals surface area contributed by atoms with Gasteiger partial charge < -0.3 is 0 Å². The number of nitrogens with zero attached hydrogens (tertiary/aromatic N) is 2. The largest absolute Gasteiger partial charge is 0.248 e. The van der Waals surface area contributed by atoms with Crippen LogP contribution in [0.25, 0.3) is 11.0 Å². The Bertz CT molecular complexity index is 737. The molecule has 5 rings (SSSR count). The van der Waals surface area contributed by atoms with Crippen molar-refractivity contribution in [2.75, 3.05) is 0 Å². The van der Waals surface area contributed by atoms with Crippen molar-refractivity contribution in [1.29, 1.82) is 0 Å². The number of rotatable bonds is 0. The highest BCUT2D eigenvalue weighted by Crippen LogP contribution is 2.56. The molecule has 2 aromatic rings. The Hall–Kier alpha value is -0.480. The highest BCUT2D eigenvalue weighted by atomic mass is 79.9. The Morgan fingerprint density at radius 1 is 0.667 bits per heavy atom. The van der Waals surface area contributed by atoms with E-state index in [1.54, 1.807) is 0 Å². The fourth-order valence-corrected chi connectivity index (χ4v) is 6.48. The average molecular weight is 450 g/mol. The maximum atomic E-state index is 5.21. The summed E-state index contributed by atoms with van der Waals surface area (Å²) < 4.78 is 2.13. The van der Waals surface area contributed by atoms with Gasteiger partial charge in [0.05, 0.1) is 11.4 Å². The third-order valence-electron chi connectivity index (χ3n) is 6.67. The monoisotopic (exact) mass is 448 g/mol. The molecule has 0 saturated heterocycles. The fourth-order valence-electron chi connectivity index (χ4n) is 5.67. The van der Waals surface area contributed by atoms with E-state index in [1.807, 2.05) is 0 Å². The lowest BCUT2D eigenvalue weighted by Crippen LogP contribution is -2.38. The van der Waals surface area contributed by atoms with Crippen molar-refractivity contribution < 1.29 is 0 Å². The number of benzene rings is 1. The molecule has 0 aliphatic heterocycles. The first kappa shape index (κ1) is 15.7. The van der Waals surface area contributed by atoms with Crippen LogP contribution in [0.3, 0.4) is 0 Å². The summed E-state index contributed by atoms with van der Waals surface area (Å²) in [6.45, 7) is 0. The van der Waals surface area contributed by atoms with Gasteiger partial charge in [0, 0.05) is 20.8 Å². The normalized spacial score (nSPS) is 32.1. The zero-order valence-corrected chi connectivity index (χ0v) is 16.9. The lowest BCUT2D eigenvalue weighted by atomic mass is 9.58. The van der Waals surface area contributed by atoms with Crippen molar-refractivity contribution in [3.05, 3.63) is 32.5 Å². The van der Waals surface area contributed by atoms with Gasteiger partial charge in [0.1, 0.15) is 11.0 Å². The van der Waals surface area contributed by atoms with Crippen LogP contribution in [0.1, 0.15) is 74.6 Å². The average Bonchev–Trinajstić information content (AvgIpc) is 2.64. The zero-order chi connectivity index (χ0) is 16.3. The first-order valence-corrected chi connectivity index (χ1v) is 11.0. The molecule has 1 heterocycles. The van der Waals surface area contributed by atoms with Gasteiger partial charge in [-0.1, -0.05) is 25.7 Å². The summed E-state index contributed by atoms with van der Waals surface area (Å²) in [6, 6.07) is 4.16. The zero-order valence-electron chi connectivity index (χ0n) is 13.8. The van der Waals surface area contributed by atoms with Gasteiger partial charge >= 0.3 is 0 Å². The van der Waals surface area contributed by atoms with E-state index in [0.717, 1.165) is 31.8 Å². The van der Waals surface area contributed by atoms with E-state index in [1.165, 1.54) is 62.8 Å². The highest BCUT2D eigenvalue weighted by Gasteiger charge is 2.46. The molecule has 0 radical (unpaired) electrons. The van der Waals surface area contributed by atoms with Crippen molar-refractivity contribution in [3.63, 3.8) is 0 Å². The quantitative estimate of drug-likeness (QED) is 0.446. The van der Waals surface area contributed by atoms with Crippen LogP contribution >= 0.6 is 31.9 Å². The molecule has 4 atom stereocenters. The third-order valence-corrected chi connectivity index (χ3v) is 7.95. The van der Waals surface area contributed by atoms with E-state index in [9.17, 15) is 0 Å². The van der Waals surface area contributed by atoms with Crippen LogP contribution in [0.2, 0.25) is 0 Å². The van der Waals surface area contributed by atoms with Crippen molar-refractivity contribution in [2.45, 2.75) is 63.2 Å². The third kappa shape index (κ3) is 2.32. The van der Waals surface area contributed by atoms with E-state index >= 15 is 0 Å². The Labute approximate surface area is 160 Å². The predicted molar refractivity (Wildman–Crippen MR) is 104 cm³/mol. The number of hydrogen-bond donors (Lipinski definition) is 0. The molecule has 2 nitrogen and oxygen atoms in total. The van der Waals surface area contributed by atoms with Crippen molar-refractivity contribution in [2.24, 2.45) is 11.8 Å². The van der Waals surface area contributed by atoms with Gasteiger partial charge in [-0.15, -0.1) is 0 Å². The Morgan fingerprint density at radius 3 is 1.54 bits per heavy atom. The van der Waals surface area contributed by atoms with E-state index in [0.29, 0.717) is 11.8 Å². The number of halogens is 2. The van der Waals surface area contributed by atoms with E-state index in [4.69, 9.17) is 9.97 Å². The standard InChI is InChI=1S/C20H22Br2N2/c21-15-9-10-16(22)20-19(15)23-17-13-7-3-1-5-11(13)12-6-2-4-8-14(12)18(17)24-20/h9-14H,1-8H2. The summed E-state index contributed by atoms with van der Waals surface area (Å²) in [5, 5.41) is 0. The van der Waals surface area contributed by atoms with Crippen LogP contribution in [-0.4, -0.2) is 9.97 Å². The van der Waals surface area contributed by atoms with Gasteiger partial charge in [-0.3, -0.25) is 0 Å². The first-order valence-electron chi connectivity index (χ1n) is 9.39. The molecule has 126 valence electrons. The van der Waals surface area contributed by atoms with Crippen LogP contribution in [0.5, 0.6) is 0 Å². The maximum absolute atomic E-state index is 5.21. The van der Waals surface area contributed by atoms with Gasteiger partial charge in [0.15, 0.2) is 0 Å². The minimum absolute atomic E-state index is 0.649. The summed E-state index contributed by atoms with van der Waals surface area (Å²) >= 11 is 7.38. The van der Waals surface area contributed by atoms with Crippen molar-refractivity contribution in [1.82, 2.24) is 9.97 Å². The molecular formula is C20H22Br2N2. The molecule has 2 saturated carbocycles. The molecule has 1 aromatic heterocycles. The Kier molecular flexibility index (Phi) is 3.97. The summed E-state index contributed by atoms with van der Waals surface area (Å²) in [7, 11) is 0. The predicted octanol–water partition coefficient (Wildman–Crippen LogP) is 6.72. The molecule has 0 N–H and O–H groups in total. The van der Waals surface area contributed by atoms with E-state index in [-0.39, 0.29) is 0 Å². The molecule has 4 unspecified atom stereocenters. The topological polar surface area (TPSA) is 25.8 Å². The van der Waals surface area contributed by atoms with Crippen LogP contribution < -0.4 is 0 Å². The minimum atomic E-state index is 0.649. The number of aromatic nitrogens is 2. The molecule has 0 amide bonds. The summed E-state index contributed by atoms with van der Waals surface area (Å²) in [6.07, 6.45) is 11.0. The van der Waals surface area contributed by atoms with E-state index < -0.39 is 0 Å². The molecule has 3 aliphatic carbocycles. The molecule has 0 spiro atoms. The highest BCUT2D eigenvalue weighted by molar-refractivity contribution is 9.11. The minimum Gasteiger partial charge on any atom is -0.248 e. The molecule has 0 bridgehead atoms. The molecular weight excluding hydrogens is 428 g/mol. The second kappa shape index (κ2) is 6.05. The summed E-state index contributed by atoms with van der Waals surface area (Å²) in [4.78, 5) is 10.4. The van der Waals surface area contributed by atoms with Crippen LogP contribution in [0.4, 0.5) is 0 Å². The Morgan fingerprint density at radius 2 is 1.08 bits per heavy atom. The summed E-state index contributed by atoms with van der Waals surface area (Å²) in [5.74, 6) is 3.01. The Balaban J connectivity index is 1.76. The second-order valence-electron chi connectivity index (χ2n) is 7.83. The number of fused-ring (bicyclic) bond motifs is 7. The van der Waals surface area contributed by atoms with Crippen molar-refractivity contribution >= 4 is 42.9 Å². The smallest absolute Gasteiger partial charge is 0.104 e. The molecule has 4 heteroatoms. The van der Waals surface area contributed by atoms with Crippen LogP contribution in [0, 0.1) is 11.8 Å². The lowest BCUT2D eigenvalue weighted by molar-refractivity contribution is 0.124. The molecule has 3 aliphatic rings. The van der Waals surface area contributed by atoms with Gasteiger partial charge in [0.25, 0.3) is 0 Å². The second-order valence-corrected chi connectivity index (χ2v) is 9.54. The fraction of sp³-hybridized carbons (Fsp3) is 0.600. The molecule has 1 aromatic carbocycles. The van der Waals surface area contributed by atoms with Gasteiger partial charge in [-0.05, 0) is 81.5 Å². The van der Waals surface area contributed by atoms with E-state index in [2.05, 4.69) is 44.0 Å². The SMILES string of the molecule is Brc1ccc(Br)c2nc3c(nc12)C1CCCCC1C1CCCCC31. The maximum Gasteiger partial charge on any atom is 0.104 e. The molecule has 24 heavy (non-hydrogen) atoms. The van der Waals surface area contributed by atoms with Crippen LogP contribution in [-0.2, 0) is 0 Å². The van der Waals surface area contributed by atoms with Gasteiger partial charge in [-0.25, -0.2) is 9.97 Å². The van der Waals surface area contributed by atoms with Gasteiger partial charge in [0.2, 0.25) is 0 Å². The lowest BCUT2D eigenvalue weighted by Gasteiger charge is -2.47. The summed E-state index contributed by atoms with van der Waals surface area (Å²) in [5.41, 5.74) is 4.74.